The van der Waals surface area contributed by atoms with Gasteiger partial charge in [-0.15, -0.1) is 0 Å². The average Bonchev–Trinajstić information content (AvgIpc) is 2.76. The molecule has 4 nitrogen and oxygen atoms in total. The molecule has 2 fully saturated rings. The molecule has 17 heavy (non-hydrogen) atoms. The second kappa shape index (κ2) is 6.14. The third-order valence-electron chi connectivity index (χ3n) is 4.38. The fraction of sp³-hybridized carbons (Fsp3) is 1.00. The van der Waals surface area contributed by atoms with Gasteiger partial charge in [-0.25, -0.2) is 0 Å². The van der Waals surface area contributed by atoms with Gasteiger partial charge in [-0.05, 0) is 31.8 Å². The smallest absolute Gasteiger partial charge is 0.0118 e. The van der Waals surface area contributed by atoms with Crippen LogP contribution in [0.15, 0.2) is 0 Å². The van der Waals surface area contributed by atoms with Crippen molar-refractivity contribution in [1.82, 2.24) is 15.1 Å². The van der Waals surface area contributed by atoms with Crippen molar-refractivity contribution in [2.75, 3.05) is 52.9 Å². The van der Waals surface area contributed by atoms with Crippen LogP contribution in [0.2, 0.25) is 0 Å². The second-order valence-electron chi connectivity index (χ2n) is 5.92. The minimum atomic E-state index is 0.370. The highest BCUT2D eigenvalue weighted by Gasteiger charge is 2.29. The molecule has 0 bridgehead atoms. The number of rotatable bonds is 4. The lowest BCUT2D eigenvalue weighted by molar-refractivity contribution is 0.183. The maximum absolute atomic E-state index is 6.43. The molecule has 0 aromatic rings. The van der Waals surface area contributed by atoms with Gasteiger partial charge in [0.05, 0.1) is 0 Å². The van der Waals surface area contributed by atoms with Crippen LogP contribution < -0.4 is 11.1 Å². The Hall–Kier alpha value is -0.160. The molecule has 4 heteroatoms. The van der Waals surface area contributed by atoms with Crippen LogP contribution in [0, 0.1) is 11.8 Å². The zero-order valence-corrected chi connectivity index (χ0v) is 11.4. The van der Waals surface area contributed by atoms with Crippen molar-refractivity contribution in [2.45, 2.75) is 19.4 Å². The summed E-state index contributed by atoms with van der Waals surface area (Å²) in [6.07, 6.45) is 1.28. The Labute approximate surface area is 106 Å². The van der Waals surface area contributed by atoms with E-state index in [0.717, 1.165) is 13.1 Å². The van der Waals surface area contributed by atoms with Crippen LogP contribution >= 0.6 is 0 Å². The Kier molecular flexibility index (Phi) is 4.79. The van der Waals surface area contributed by atoms with E-state index in [9.17, 15) is 0 Å². The Morgan fingerprint density at radius 2 is 2.00 bits per heavy atom. The van der Waals surface area contributed by atoms with Gasteiger partial charge in [0.15, 0.2) is 0 Å². The highest BCUT2D eigenvalue weighted by Crippen LogP contribution is 2.22. The first-order chi connectivity index (χ1) is 8.16. The molecule has 0 spiro atoms. The normalized spacial score (nSPS) is 31.6. The number of hydrogen-bond acceptors (Lipinski definition) is 4. The standard InChI is InChI=1S/C13H28N4/c1-11(9-17-7-4-15-5-8-17)13(14)12-3-6-16(2)10-12/h11-13,15H,3-10,14H2,1-2H3. The average molecular weight is 240 g/mol. The molecule has 0 saturated carbocycles. The van der Waals surface area contributed by atoms with Crippen LogP contribution in [0.5, 0.6) is 0 Å². The number of likely N-dealkylation sites (tertiary alicyclic amines) is 1. The Bertz CT molecular complexity index is 227. The first-order valence-corrected chi connectivity index (χ1v) is 7.04. The fourth-order valence-electron chi connectivity index (χ4n) is 3.17. The lowest BCUT2D eigenvalue weighted by atomic mass is 9.89. The summed E-state index contributed by atoms with van der Waals surface area (Å²) < 4.78 is 0. The zero-order valence-electron chi connectivity index (χ0n) is 11.4. The predicted molar refractivity (Wildman–Crippen MR) is 72.1 cm³/mol. The summed E-state index contributed by atoms with van der Waals surface area (Å²) in [7, 11) is 2.20. The van der Waals surface area contributed by atoms with Gasteiger partial charge in [0.25, 0.3) is 0 Å². The largest absolute Gasteiger partial charge is 0.327 e. The van der Waals surface area contributed by atoms with Gasteiger partial charge in [-0.2, -0.15) is 0 Å². The van der Waals surface area contributed by atoms with E-state index in [1.54, 1.807) is 0 Å². The monoisotopic (exact) mass is 240 g/mol. The van der Waals surface area contributed by atoms with Gasteiger partial charge in [0, 0.05) is 45.3 Å². The Morgan fingerprint density at radius 1 is 1.29 bits per heavy atom. The summed E-state index contributed by atoms with van der Waals surface area (Å²) in [6, 6.07) is 0.370. The molecule has 2 saturated heterocycles. The van der Waals surface area contributed by atoms with Crippen LogP contribution in [0.25, 0.3) is 0 Å². The molecule has 100 valence electrons. The van der Waals surface area contributed by atoms with E-state index in [4.69, 9.17) is 5.73 Å². The van der Waals surface area contributed by atoms with E-state index in [1.165, 1.54) is 39.1 Å². The molecule has 3 unspecified atom stereocenters. The summed E-state index contributed by atoms with van der Waals surface area (Å²) in [5.74, 6) is 1.32. The Balaban J connectivity index is 1.76. The molecular formula is C13H28N4. The summed E-state index contributed by atoms with van der Waals surface area (Å²) in [5.41, 5.74) is 6.43. The van der Waals surface area contributed by atoms with Crippen molar-refractivity contribution < 1.29 is 0 Å². The van der Waals surface area contributed by atoms with Crippen LogP contribution in [0.3, 0.4) is 0 Å². The molecule has 0 aromatic heterocycles. The van der Waals surface area contributed by atoms with E-state index in [1.807, 2.05) is 0 Å². The summed E-state index contributed by atoms with van der Waals surface area (Å²) in [6.45, 7) is 10.5. The van der Waals surface area contributed by atoms with Gasteiger partial charge in [0.1, 0.15) is 0 Å². The number of nitrogens with one attached hydrogen (secondary N) is 1. The molecule has 0 radical (unpaired) electrons. The van der Waals surface area contributed by atoms with E-state index >= 15 is 0 Å². The lowest BCUT2D eigenvalue weighted by Crippen LogP contribution is -2.48. The lowest BCUT2D eigenvalue weighted by Gasteiger charge is -2.33. The molecular weight excluding hydrogens is 212 g/mol. The predicted octanol–water partition coefficient (Wildman–Crippen LogP) is -0.193. The van der Waals surface area contributed by atoms with E-state index < -0.39 is 0 Å². The summed E-state index contributed by atoms with van der Waals surface area (Å²) >= 11 is 0. The molecule has 3 atom stereocenters. The van der Waals surface area contributed by atoms with Crippen LogP contribution in [-0.4, -0.2) is 68.7 Å². The fourth-order valence-corrected chi connectivity index (χ4v) is 3.17. The van der Waals surface area contributed by atoms with E-state index in [2.05, 4.69) is 29.1 Å². The number of nitrogens with two attached hydrogens (primary N) is 1. The highest BCUT2D eigenvalue weighted by molar-refractivity contribution is 4.86. The second-order valence-corrected chi connectivity index (χ2v) is 5.92. The third kappa shape index (κ3) is 3.65. The van der Waals surface area contributed by atoms with Crippen LogP contribution in [0.1, 0.15) is 13.3 Å². The Morgan fingerprint density at radius 3 is 2.59 bits per heavy atom. The quantitative estimate of drug-likeness (QED) is 0.715. The number of piperazine rings is 1. The van der Waals surface area contributed by atoms with Crippen molar-refractivity contribution in [3.8, 4) is 0 Å². The van der Waals surface area contributed by atoms with Crippen molar-refractivity contribution >= 4 is 0 Å². The summed E-state index contributed by atoms with van der Waals surface area (Å²) in [4.78, 5) is 4.96. The van der Waals surface area contributed by atoms with Gasteiger partial charge < -0.3 is 20.9 Å². The molecule has 0 amide bonds. The van der Waals surface area contributed by atoms with Crippen molar-refractivity contribution in [1.29, 1.82) is 0 Å². The highest BCUT2D eigenvalue weighted by atomic mass is 15.2. The molecule has 0 aromatic carbocycles. The summed E-state index contributed by atoms with van der Waals surface area (Å²) in [5, 5.41) is 3.40. The minimum absolute atomic E-state index is 0.370. The number of nitrogens with zero attached hydrogens (tertiary/aromatic N) is 2. The molecule has 2 aliphatic rings. The van der Waals surface area contributed by atoms with Crippen molar-refractivity contribution in [3.05, 3.63) is 0 Å². The van der Waals surface area contributed by atoms with Crippen molar-refractivity contribution in [2.24, 2.45) is 17.6 Å². The molecule has 0 aliphatic carbocycles. The van der Waals surface area contributed by atoms with E-state index in [0.29, 0.717) is 17.9 Å². The molecule has 2 aliphatic heterocycles. The first-order valence-electron chi connectivity index (χ1n) is 7.04. The molecule has 2 rings (SSSR count). The van der Waals surface area contributed by atoms with Crippen molar-refractivity contribution in [3.63, 3.8) is 0 Å². The van der Waals surface area contributed by atoms with E-state index in [-0.39, 0.29) is 0 Å². The van der Waals surface area contributed by atoms with Crippen LogP contribution in [-0.2, 0) is 0 Å². The zero-order chi connectivity index (χ0) is 12.3. The first kappa shape index (κ1) is 13.3. The maximum Gasteiger partial charge on any atom is 0.0118 e. The third-order valence-corrected chi connectivity index (χ3v) is 4.38. The molecule has 3 N–H and O–H groups in total. The minimum Gasteiger partial charge on any atom is -0.327 e. The molecule has 2 heterocycles. The topological polar surface area (TPSA) is 44.5 Å². The maximum atomic E-state index is 6.43. The van der Waals surface area contributed by atoms with Gasteiger partial charge in [0.2, 0.25) is 0 Å². The van der Waals surface area contributed by atoms with Gasteiger partial charge in [-0.1, -0.05) is 6.92 Å². The SMILES string of the molecule is CC(CN1CCNCC1)C(N)C1CCN(C)C1. The number of hydrogen-bond donors (Lipinski definition) is 2. The van der Waals surface area contributed by atoms with Gasteiger partial charge in [-0.3, -0.25) is 0 Å². The van der Waals surface area contributed by atoms with Gasteiger partial charge >= 0.3 is 0 Å². The van der Waals surface area contributed by atoms with Crippen LogP contribution in [0.4, 0.5) is 0 Å².